The summed E-state index contributed by atoms with van der Waals surface area (Å²) < 4.78 is 12.0. The van der Waals surface area contributed by atoms with Gasteiger partial charge >= 0.3 is 0 Å². The lowest BCUT2D eigenvalue weighted by molar-refractivity contribution is 0.0951. The van der Waals surface area contributed by atoms with Gasteiger partial charge in [-0.15, -0.1) is 5.10 Å². The number of nitrogens with one attached hydrogen (secondary N) is 2. The second-order valence-electron chi connectivity index (χ2n) is 7.61. The van der Waals surface area contributed by atoms with Crippen LogP contribution in [0.5, 0.6) is 11.5 Å². The molecule has 0 fully saturated rings. The Morgan fingerprint density at radius 1 is 1.03 bits per heavy atom. The van der Waals surface area contributed by atoms with Gasteiger partial charge in [-0.2, -0.15) is 4.52 Å². The smallest absolute Gasteiger partial charge is 0.283 e. The molecule has 3 heterocycles. The summed E-state index contributed by atoms with van der Waals surface area (Å²) in [4.78, 5) is 30.2. The first-order chi connectivity index (χ1) is 16.6. The van der Waals surface area contributed by atoms with Gasteiger partial charge in [-0.1, -0.05) is 29.5 Å². The second kappa shape index (κ2) is 8.16. The number of benzene rings is 3. The van der Waals surface area contributed by atoms with Gasteiger partial charge in [-0.25, -0.2) is 4.98 Å². The minimum absolute atomic E-state index is 0.188. The van der Waals surface area contributed by atoms with Crippen molar-refractivity contribution in [3.8, 4) is 11.5 Å². The van der Waals surface area contributed by atoms with Crippen molar-refractivity contribution < 1.29 is 14.3 Å². The third-order valence-corrected chi connectivity index (χ3v) is 6.22. The maximum atomic E-state index is 12.7. The van der Waals surface area contributed by atoms with Crippen molar-refractivity contribution in [2.45, 2.75) is 6.54 Å². The third kappa shape index (κ3) is 3.69. The van der Waals surface area contributed by atoms with Crippen LogP contribution in [0.4, 0.5) is 10.8 Å². The number of anilines is 2. The van der Waals surface area contributed by atoms with Crippen LogP contribution in [0.3, 0.4) is 0 Å². The van der Waals surface area contributed by atoms with Crippen molar-refractivity contribution in [1.29, 1.82) is 0 Å². The average Bonchev–Trinajstić information content (AvgIpc) is 3.49. The number of rotatable bonds is 5. The van der Waals surface area contributed by atoms with Gasteiger partial charge in [-0.3, -0.25) is 9.59 Å². The lowest BCUT2D eigenvalue weighted by Gasteiger charge is -2.07. The van der Waals surface area contributed by atoms with Crippen molar-refractivity contribution in [2.75, 3.05) is 12.1 Å². The van der Waals surface area contributed by atoms with E-state index >= 15 is 0 Å². The fourth-order valence-corrected chi connectivity index (χ4v) is 4.49. The standard InChI is InChI=1S/C24H17N5O4S/c30-21(25-12-14-5-10-19-20(11-14)33-13-32-19)15-6-8-16(9-7-15)26-23-28-29-22(31)17-3-1-2-4-18(17)27-24(29)34-23/h1-11H,12-13H2,(H,25,30)(H,26,28). The molecule has 2 aromatic heterocycles. The largest absolute Gasteiger partial charge is 0.454 e. The van der Waals surface area contributed by atoms with Gasteiger partial charge < -0.3 is 20.1 Å². The zero-order valence-electron chi connectivity index (χ0n) is 17.6. The molecule has 0 unspecified atom stereocenters. The fraction of sp³-hybridized carbons (Fsp3) is 0.0833. The minimum Gasteiger partial charge on any atom is -0.454 e. The second-order valence-corrected chi connectivity index (χ2v) is 8.56. The molecule has 0 spiro atoms. The number of amides is 1. The number of fused-ring (bicyclic) bond motifs is 3. The molecule has 1 amide bonds. The SMILES string of the molecule is O=C(NCc1ccc2c(c1)OCO2)c1ccc(Nc2nn3c(=O)c4ccccc4nc3s2)cc1. The summed E-state index contributed by atoms with van der Waals surface area (Å²) in [5, 5.41) is 11.5. The average molecular weight is 471 g/mol. The van der Waals surface area contributed by atoms with Crippen LogP contribution in [0, 0.1) is 0 Å². The highest BCUT2D eigenvalue weighted by atomic mass is 32.1. The van der Waals surface area contributed by atoms with Gasteiger partial charge in [0.1, 0.15) is 0 Å². The van der Waals surface area contributed by atoms with Gasteiger partial charge in [-0.05, 0) is 54.1 Å². The van der Waals surface area contributed by atoms with Crippen molar-refractivity contribution >= 4 is 43.9 Å². The molecule has 6 rings (SSSR count). The van der Waals surface area contributed by atoms with Crippen LogP contribution in [0.25, 0.3) is 15.9 Å². The zero-order valence-corrected chi connectivity index (χ0v) is 18.5. The molecule has 168 valence electrons. The number of para-hydroxylation sites is 1. The van der Waals surface area contributed by atoms with Gasteiger partial charge in [0, 0.05) is 17.8 Å². The number of ether oxygens (including phenoxy) is 2. The maximum Gasteiger partial charge on any atom is 0.283 e. The Balaban J connectivity index is 1.15. The molecule has 0 bridgehead atoms. The topological polar surface area (TPSA) is 107 Å². The van der Waals surface area contributed by atoms with Crippen LogP contribution >= 0.6 is 11.3 Å². The Morgan fingerprint density at radius 3 is 2.74 bits per heavy atom. The Labute approximate surface area is 196 Å². The zero-order chi connectivity index (χ0) is 23.1. The Morgan fingerprint density at radius 2 is 1.85 bits per heavy atom. The summed E-state index contributed by atoms with van der Waals surface area (Å²) >= 11 is 1.28. The highest BCUT2D eigenvalue weighted by molar-refractivity contribution is 7.20. The van der Waals surface area contributed by atoms with E-state index < -0.39 is 0 Å². The first-order valence-corrected chi connectivity index (χ1v) is 11.3. The molecule has 0 saturated carbocycles. The van der Waals surface area contributed by atoms with Crippen LogP contribution in [-0.2, 0) is 6.54 Å². The molecule has 9 nitrogen and oxygen atoms in total. The molecule has 0 saturated heterocycles. The van der Waals surface area contributed by atoms with Gasteiger partial charge in [0.2, 0.25) is 16.9 Å². The van der Waals surface area contributed by atoms with E-state index in [1.54, 1.807) is 42.5 Å². The van der Waals surface area contributed by atoms with Crippen LogP contribution in [0.15, 0.2) is 71.5 Å². The molecule has 0 radical (unpaired) electrons. The maximum absolute atomic E-state index is 12.7. The van der Waals surface area contributed by atoms with E-state index in [0.29, 0.717) is 44.6 Å². The van der Waals surface area contributed by atoms with Gasteiger partial charge in [0.15, 0.2) is 11.5 Å². The third-order valence-electron chi connectivity index (χ3n) is 5.39. The lowest BCUT2D eigenvalue weighted by Crippen LogP contribution is -2.22. The molecule has 1 aliphatic heterocycles. The summed E-state index contributed by atoms with van der Waals surface area (Å²) in [6.45, 7) is 0.587. The monoisotopic (exact) mass is 471 g/mol. The highest BCUT2D eigenvalue weighted by Crippen LogP contribution is 2.32. The van der Waals surface area contributed by atoms with Gasteiger partial charge in [0.25, 0.3) is 11.5 Å². The summed E-state index contributed by atoms with van der Waals surface area (Å²) in [5.41, 5.74) is 2.62. The van der Waals surface area contributed by atoms with Crippen molar-refractivity contribution in [3.63, 3.8) is 0 Å². The molecular weight excluding hydrogens is 454 g/mol. The predicted molar refractivity (Wildman–Crippen MR) is 128 cm³/mol. The Hall–Kier alpha value is -4.44. The van der Waals surface area contributed by atoms with Crippen LogP contribution in [-0.4, -0.2) is 27.3 Å². The van der Waals surface area contributed by atoms with E-state index in [1.165, 1.54) is 15.9 Å². The van der Waals surface area contributed by atoms with Crippen LogP contribution in [0.1, 0.15) is 15.9 Å². The molecule has 3 aromatic carbocycles. The van der Waals surface area contributed by atoms with Crippen LogP contribution in [0.2, 0.25) is 0 Å². The number of nitrogens with zero attached hydrogens (tertiary/aromatic N) is 3. The quantitative estimate of drug-likeness (QED) is 0.402. The van der Waals surface area contributed by atoms with E-state index in [-0.39, 0.29) is 18.3 Å². The molecule has 34 heavy (non-hydrogen) atoms. The molecule has 10 heteroatoms. The number of carbonyl (C=O) groups excluding carboxylic acids is 1. The molecule has 1 aliphatic rings. The number of aromatic nitrogens is 3. The molecular formula is C24H17N5O4S. The van der Waals surface area contributed by atoms with Crippen molar-refractivity contribution in [2.24, 2.45) is 0 Å². The summed E-state index contributed by atoms with van der Waals surface area (Å²) in [6.07, 6.45) is 0. The minimum atomic E-state index is -0.209. The number of hydrogen-bond acceptors (Lipinski definition) is 8. The predicted octanol–water partition coefficient (Wildman–Crippen LogP) is 3.71. The lowest BCUT2D eigenvalue weighted by atomic mass is 10.1. The van der Waals surface area contributed by atoms with E-state index in [4.69, 9.17) is 9.47 Å². The molecule has 5 aromatic rings. The first kappa shape index (κ1) is 20.2. The summed E-state index contributed by atoms with van der Waals surface area (Å²) in [6, 6.07) is 19.8. The molecule has 0 aliphatic carbocycles. The Kier molecular flexibility index (Phi) is 4.84. The molecule has 2 N–H and O–H groups in total. The van der Waals surface area contributed by atoms with E-state index in [1.807, 2.05) is 24.3 Å². The van der Waals surface area contributed by atoms with Gasteiger partial charge in [0.05, 0.1) is 10.9 Å². The molecule has 0 atom stereocenters. The summed E-state index contributed by atoms with van der Waals surface area (Å²) in [7, 11) is 0. The van der Waals surface area contributed by atoms with Crippen LogP contribution < -0.4 is 25.7 Å². The van der Waals surface area contributed by atoms with E-state index in [9.17, 15) is 9.59 Å². The van der Waals surface area contributed by atoms with E-state index in [0.717, 1.165) is 11.3 Å². The van der Waals surface area contributed by atoms with Crippen molar-refractivity contribution in [3.05, 3.63) is 88.2 Å². The van der Waals surface area contributed by atoms with E-state index in [2.05, 4.69) is 20.7 Å². The first-order valence-electron chi connectivity index (χ1n) is 10.5. The fourth-order valence-electron chi connectivity index (χ4n) is 3.67. The summed E-state index contributed by atoms with van der Waals surface area (Å²) in [5.74, 6) is 1.20. The Bertz CT molecular complexity index is 1610. The van der Waals surface area contributed by atoms with Crippen molar-refractivity contribution in [1.82, 2.24) is 19.9 Å². The normalized spacial score (nSPS) is 12.2. The number of carbonyl (C=O) groups is 1. The number of hydrogen-bond donors (Lipinski definition) is 2. The highest BCUT2D eigenvalue weighted by Gasteiger charge is 2.14.